The van der Waals surface area contributed by atoms with Gasteiger partial charge in [-0.15, -0.1) is 0 Å². The van der Waals surface area contributed by atoms with Gasteiger partial charge in [0.15, 0.2) is 0 Å². The summed E-state index contributed by atoms with van der Waals surface area (Å²) < 4.78 is 7.49. The van der Waals surface area contributed by atoms with Gasteiger partial charge in [0.05, 0.1) is 24.2 Å². The van der Waals surface area contributed by atoms with Gasteiger partial charge in [-0.05, 0) is 36.4 Å². The number of fused-ring (bicyclic) bond motifs is 1. The zero-order valence-electron chi connectivity index (χ0n) is 13.6. The number of hydrogen-bond donors (Lipinski definition) is 3. The van der Waals surface area contributed by atoms with Crippen LogP contribution in [0.5, 0.6) is 5.75 Å². The summed E-state index contributed by atoms with van der Waals surface area (Å²) in [7, 11) is 0. The standard InChI is InChI=1S/C18H20ClN3O3/c19-13-5-7-15(8-6-13)25-12-14(24)11-22-17-4-2-1-3-16(17)21-18(22)20-9-10-23/h1-8,14,23-24H,9-12H2,(H,20,21)/t14-/m1/s1. The smallest absolute Gasteiger partial charge is 0.204 e. The van der Waals surface area contributed by atoms with Crippen molar-refractivity contribution in [3.63, 3.8) is 0 Å². The van der Waals surface area contributed by atoms with Crippen molar-refractivity contribution in [2.75, 3.05) is 25.1 Å². The van der Waals surface area contributed by atoms with Crippen LogP contribution in [0.2, 0.25) is 5.02 Å². The zero-order chi connectivity index (χ0) is 17.6. The fraction of sp³-hybridized carbons (Fsp3) is 0.278. The van der Waals surface area contributed by atoms with E-state index in [9.17, 15) is 5.11 Å². The van der Waals surface area contributed by atoms with Crippen molar-refractivity contribution < 1.29 is 14.9 Å². The molecule has 3 aromatic rings. The average molecular weight is 362 g/mol. The molecule has 0 bridgehead atoms. The van der Waals surface area contributed by atoms with E-state index < -0.39 is 6.10 Å². The number of benzene rings is 2. The lowest BCUT2D eigenvalue weighted by Gasteiger charge is -2.16. The van der Waals surface area contributed by atoms with Crippen LogP contribution in [-0.2, 0) is 6.54 Å². The number of nitrogens with zero attached hydrogens (tertiary/aromatic N) is 2. The first-order valence-electron chi connectivity index (χ1n) is 8.04. The molecule has 0 radical (unpaired) electrons. The number of aliphatic hydroxyl groups is 2. The fourth-order valence-electron chi connectivity index (χ4n) is 2.55. The van der Waals surface area contributed by atoms with Crippen LogP contribution in [0, 0.1) is 0 Å². The summed E-state index contributed by atoms with van der Waals surface area (Å²) in [6.45, 7) is 0.863. The minimum absolute atomic E-state index is 0.00539. The number of aromatic nitrogens is 2. The highest BCUT2D eigenvalue weighted by Crippen LogP contribution is 2.20. The predicted molar refractivity (Wildman–Crippen MR) is 98.3 cm³/mol. The fourth-order valence-corrected chi connectivity index (χ4v) is 2.68. The van der Waals surface area contributed by atoms with E-state index in [1.807, 2.05) is 28.8 Å². The molecule has 25 heavy (non-hydrogen) atoms. The highest BCUT2D eigenvalue weighted by Gasteiger charge is 2.14. The Kier molecular flexibility index (Phi) is 5.75. The Hall–Kier alpha value is -2.28. The van der Waals surface area contributed by atoms with E-state index in [0.29, 0.717) is 29.8 Å². The Bertz CT molecular complexity index is 820. The van der Waals surface area contributed by atoms with E-state index in [1.54, 1.807) is 24.3 Å². The zero-order valence-corrected chi connectivity index (χ0v) is 14.4. The minimum atomic E-state index is -0.719. The van der Waals surface area contributed by atoms with Gasteiger partial charge in [0.1, 0.15) is 18.5 Å². The Morgan fingerprint density at radius 1 is 1.16 bits per heavy atom. The molecule has 132 valence electrons. The molecule has 0 spiro atoms. The van der Waals surface area contributed by atoms with Crippen LogP contribution in [0.4, 0.5) is 5.95 Å². The van der Waals surface area contributed by atoms with Gasteiger partial charge in [-0.3, -0.25) is 0 Å². The number of imidazole rings is 1. The van der Waals surface area contributed by atoms with Crippen molar-refractivity contribution in [1.82, 2.24) is 9.55 Å². The number of para-hydroxylation sites is 2. The maximum Gasteiger partial charge on any atom is 0.204 e. The van der Waals surface area contributed by atoms with Crippen molar-refractivity contribution in [2.45, 2.75) is 12.6 Å². The van der Waals surface area contributed by atoms with E-state index in [2.05, 4.69) is 10.3 Å². The third-order valence-electron chi connectivity index (χ3n) is 3.70. The second-order valence-corrected chi connectivity index (χ2v) is 6.04. The highest BCUT2D eigenvalue weighted by molar-refractivity contribution is 6.30. The summed E-state index contributed by atoms with van der Waals surface area (Å²) >= 11 is 5.84. The molecule has 3 rings (SSSR count). The lowest BCUT2D eigenvalue weighted by molar-refractivity contribution is 0.0938. The Balaban J connectivity index is 1.70. The maximum absolute atomic E-state index is 10.4. The number of aliphatic hydroxyl groups excluding tert-OH is 2. The van der Waals surface area contributed by atoms with Crippen LogP contribution in [0.3, 0.4) is 0 Å². The molecule has 6 nitrogen and oxygen atoms in total. The Morgan fingerprint density at radius 2 is 1.92 bits per heavy atom. The summed E-state index contributed by atoms with van der Waals surface area (Å²) in [5.41, 5.74) is 1.74. The molecule has 0 unspecified atom stereocenters. The van der Waals surface area contributed by atoms with Crippen molar-refractivity contribution in [3.8, 4) is 5.75 Å². The molecule has 0 aliphatic rings. The summed E-state index contributed by atoms with van der Waals surface area (Å²) in [6.07, 6.45) is -0.719. The van der Waals surface area contributed by atoms with Crippen molar-refractivity contribution in [3.05, 3.63) is 53.6 Å². The van der Waals surface area contributed by atoms with Crippen LogP contribution >= 0.6 is 11.6 Å². The van der Waals surface area contributed by atoms with E-state index in [1.165, 1.54) is 0 Å². The lowest BCUT2D eigenvalue weighted by atomic mass is 10.3. The summed E-state index contributed by atoms with van der Waals surface area (Å²) in [4.78, 5) is 4.51. The summed E-state index contributed by atoms with van der Waals surface area (Å²) in [5, 5.41) is 23.1. The number of hydrogen-bond acceptors (Lipinski definition) is 5. The monoisotopic (exact) mass is 361 g/mol. The van der Waals surface area contributed by atoms with Crippen LogP contribution in [0.15, 0.2) is 48.5 Å². The second kappa shape index (κ2) is 8.20. The first-order valence-corrected chi connectivity index (χ1v) is 8.41. The lowest BCUT2D eigenvalue weighted by Crippen LogP contribution is -2.24. The molecule has 0 saturated carbocycles. The van der Waals surface area contributed by atoms with Crippen LogP contribution < -0.4 is 10.1 Å². The van der Waals surface area contributed by atoms with Crippen LogP contribution in [-0.4, -0.2) is 45.6 Å². The highest BCUT2D eigenvalue weighted by atomic mass is 35.5. The number of anilines is 1. The first-order chi connectivity index (χ1) is 12.2. The quantitative estimate of drug-likeness (QED) is 0.574. The topological polar surface area (TPSA) is 79.5 Å². The number of nitrogens with one attached hydrogen (secondary N) is 1. The minimum Gasteiger partial charge on any atom is -0.491 e. The third-order valence-corrected chi connectivity index (χ3v) is 3.95. The largest absolute Gasteiger partial charge is 0.491 e. The first kappa shape index (κ1) is 17.5. The Morgan fingerprint density at radius 3 is 2.68 bits per heavy atom. The average Bonchev–Trinajstić information content (AvgIpc) is 2.97. The molecular weight excluding hydrogens is 342 g/mol. The van der Waals surface area contributed by atoms with E-state index in [4.69, 9.17) is 21.4 Å². The van der Waals surface area contributed by atoms with Gasteiger partial charge >= 0.3 is 0 Å². The molecule has 1 heterocycles. The molecule has 7 heteroatoms. The number of rotatable bonds is 8. The SMILES string of the molecule is OCCNc1nc2ccccc2n1C[C@@H](O)COc1ccc(Cl)cc1. The molecule has 0 saturated heterocycles. The maximum atomic E-state index is 10.4. The number of ether oxygens (including phenoxy) is 1. The summed E-state index contributed by atoms with van der Waals surface area (Å²) in [6, 6.07) is 14.7. The van der Waals surface area contributed by atoms with Gasteiger partial charge < -0.3 is 24.8 Å². The van der Waals surface area contributed by atoms with Crippen molar-refractivity contribution >= 4 is 28.6 Å². The molecule has 1 aromatic heterocycles. The molecule has 0 aliphatic carbocycles. The van der Waals surface area contributed by atoms with Gasteiger partial charge in [-0.25, -0.2) is 4.98 Å². The van der Waals surface area contributed by atoms with Gasteiger partial charge in [0.2, 0.25) is 5.95 Å². The third kappa shape index (κ3) is 4.42. The molecule has 0 fully saturated rings. The van der Waals surface area contributed by atoms with Crippen LogP contribution in [0.1, 0.15) is 0 Å². The molecule has 3 N–H and O–H groups in total. The van der Waals surface area contributed by atoms with Gasteiger partial charge in [-0.1, -0.05) is 23.7 Å². The van der Waals surface area contributed by atoms with E-state index in [0.717, 1.165) is 11.0 Å². The van der Waals surface area contributed by atoms with Crippen LogP contribution in [0.25, 0.3) is 11.0 Å². The normalized spacial score (nSPS) is 12.3. The van der Waals surface area contributed by atoms with E-state index >= 15 is 0 Å². The van der Waals surface area contributed by atoms with Gasteiger partial charge in [0.25, 0.3) is 0 Å². The summed E-state index contributed by atoms with van der Waals surface area (Å²) in [5.74, 6) is 1.26. The molecule has 0 amide bonds. The second-order valence-electron chi connectivity index (χ2n) is 5.60. The van der Waals surface area contributed by atoms with E-state index in [-0.39, 0.29) is 13.2 Å². The number of halogens is 1. The molecule has 1 atom stereocenters. The molecular formula is C18H20ClN3O3. The van der Waals surface area contributed by atoms with Crippen molar-refractivity contribution in [1.29, 1.82) is 0 Å². The van der Waals surface area contributed by atoms with Gasteiger partial charge in [0, 0.05) is 11.6 Å². The Labute approximate surface area is 150 Å². The predicted octanol–water partition coefficient (Wildman–Crippen LogP) is 2.53. The molecule has 2 aromatic carbocycles. The van der Waals surface area contributed by atoms with Gasteiger partial charge in [-0.2, -0.15) is 0 Å². The molecule has 0 aliphatic heterocycles. The van der Waals surface area contributed by atoms with Crippen molar-refractivity contribution in [2.24, 2.45) is 0 Å².